The molecule has 0 aromatic heterocycles. The molecular formula is C17H28O4. The molecule has 0 unspecified atom stereocenters. The first-order chi connectivity index (χ1) is 9.89. The van der Waals surface area contributed by atoms with E-state index < -0.39 is 5.41 Å². The van der Waals surface area contributed by atoms with Crippen molar-refractivity contribution in [1.29, 1.82) is 0 Å². The molecule has 4 nitrogen and oxygen atoms in total. The molecule has 2 fully saturated rings. The Kier molecular flexibility index (Phi) is 4.95. The summed E-state index contributed by atoms with van der Waals surface area (Å²) < 4.78 is 10.9. The van der Waals surface area contributed by atoms with Crippen molar-refractivity contribution >= 4 is 11.9 Å². The van der Waals surface area contributed by atoms with Crippen molar-refractivity contribution in [3.8, 4) is 0 Å². The third kappa shape index (κ3) is 3.98. The first kappa shape index (κ1) is 16.3. The van der Waals surface area contributed by atoms with Gasteiger partial charge in [0.05, 0.1) is 5.41 Å². The van der Waals surface area contributed by atoms with Crippen molar-refractivity contribution in [3.05, 3.63) is 0 Å². The number of carbonyl (C=O) groups excluding carboxylic acids is 2. The van der Waals surface area contributed by atoms with Gasteiger partial charge in [0.25, 0.3) is 0 Å². The van der Waals surface area contributed by atoms with Crippen molar-refractivity contribution in [2.75, 3.05) is 6.61 Å². The van der Waals surface area contributed by atoms with Gasteiger partial charge in [-0.1, -0.05) is 13.3 Å². The van der Waals surface area contributed by atoms with Crippen molar-refractivity contribution in [2.45, 2.75) is 77.7 Å². The van der Waals surface area contributed by atoms with Gasteiger partial charge in [-0.3, -0.25) is 4.79 Å². The summed E-state index contributed by atoms with van der Waals surface area (Å²) in [6, 6.07) is 0. The molecule has 2 saturated carbocycles. The number of hydrogen-bond donors (Lipinski definition) is 0. The Hall–Kier alpha value is -1.06. The van der Waals surface area contributed by atoms with Crippen LogP contribution in [0.2, 0.25) is 0 Å². The van der Waals surface area contributed by atoms with Crippen LogP contribution in [0.1, 0.15) is 72.1 Å². The van der Waals surface area contributed by atoms with Gasteiger partial charge in [-0.2, -0.15) is 0 Å². The average molecular weight is 296 g/mol. The van der Waals surface area contributed by atoms with Crippen LogP contribution in [0.5, 0.6) is 0 Å². The molecule has 0 N–H and O–H groups in total. The third-order valence-corrected chi connectivity index (χ3v) is 5.10. The van der Waals surface area contributed by atoms with Gasteiger partial charge in [0.2, 0.25) is 0 Å². The van der Waals surface area contributed by atoms with Crippen molar-refractivity contribution in [3.63, 3.8) is 0 Å². The lowest BCUT2D eigenvalue weighted by Crippen LogP contribution is -2.41. The maximum Gasteiger partial charge on any atom is 0.344 e. The van der Waals surface area contributed by atoms with Gasteiger partial charge in [-0.25, -0.2) is 4.79 Å². The van der Waals surface area contributed by atoms with Crippen LogP contribution in [0, 0.1) is 11.3 Å². The van der Waals surface area contributed by atoms with E-state index in [2.05, 4.69) is 0 Å². The fraction of sp³-hybridized carbons (Fsp3) is 0.882. The van der Waals surface area contributed by atoms with E-state index in [1.165, 1.54) is 6.42 Å². The fourth-order valence-electron chi connectivity index (χ4n) is 3.07. The lowest BCUT2D eigenvalue weighted by Gasteiger charge is -2.37. The van der Waals surface area contributed by atoms with Crippen LogP contribution in [0.15, 0.2) is 0 Å². The van der Waals surface area contributed by atoms with Gasteiger partial charge < -0.3 is 9.47 Å². The molecule has 0 atom stereocenters. The van der Waals surface area contributed by atoms with Crippen LogP contribution in [-0.4, -0.2) is 24.1 Å². The van der Waals surface area contributed by atoms with E-state index in [1.807, 2.05) is 20.8 Å². The Morgan fingerprint density at radius 1 is 1.14 bits per heavy atom. The normalized spacial score (nSPS) is 21.7. The predicted molar refractivity (Wildman–Crippen MR) is 79.7 cm³/mol. The molecule has 0 amide bonds. The lowest BCUT2D eigenvalue weighted by atomic mass is 9.81. The molecule has 0 heterocycles. The minimum Gasteiger partial charge on any atom is -0.456 e. The molecular weight excluding hydrogens is 268 g/mol. The molecule has 2 aliphatic carbocycles. The number of carbonyl (C=O) groups is 2. The Labute approximate surface area is 127 Å². The molecule has 0 spiro atoms. The summed E-state index contributed by atoms with van der Waals surface area (Å²) in [6.45, 7) is 5.33. The van der Waals surface area contributed by atoms with Crippen molar-refractivity contribution in [2.24, 2.45) is 11.3 Å². The standard InChI is InChI=1S/C17H28O4/c1-4-16(2,3)15(19)20-12-14(18)21-17(13-8-9-13)10-6-5-7-11-17/h13H,4-12H2,1-3H3. The molecule has 2 rings (SSSR count). The summed E-state index contributed by atoms with van der Waals surface area (Å²) >= 11 is 0. The summed E-state index contributed by atoms with van der Waals surface area (Å²) in [6.07, 6.45) is 8.44. The second-order valence-electron chi connectivity index (χ2n) is 7.19. The molecule has 0 aliphatic heterocycles. The van der Waals surface area contributed by atoms with Crippen LogP contribution in [-0.2, 0) is 19.1 Å². The van der Waals surface area contributed by atoms with E-state index in [0.717, 1.165) is 38.5 Å². The minimum atomic E-state index is -0.542. The highest BCUT2D eigenvalue weighted by molar-refractivity contribution is 5.80. The van der Waals surface area contributed by atoms with Crippen LogP contribution in [0.3, 0.4) is 0 Å². The van der Waals surface area contributed by atoms with Gasteiger partial charge in [-0.05, 0) is 64.7 Å². The second kappa shape index (κ2) is 6.37. The first-order valence-electron chi connectivity index (χ1n) is 8.29. The van der Waals surface area contributed by atoms with Crippen LogP contribution in [0.4, 0.5) is 0 Å². The van der Waals surface area contributed by atoms with Crippen molar-refractivity contribution < 1.29 is 19.1 Å². The summed E-state index contributed by atoms with van der Waals surface area (Å²) in [5, 5.41) is 0. The minimum absolute atomic E-state index is 0.253. The monoisotopic (exact) mass is 296 g/mol. The summed E-state index contributed by atoms with van der Waals surface area (Å²) in [7, 11) is 0. The second-order valence-corrected chi connectivity index (χ2v) is 7.19. The van der Waals surface area contributed by atoms with E-state index in [1.54, 1.807) is 0 Å². The third-order valence-electron chi connectivity index (χ3n) is 5.10. The number of hydrogen-bond acceptors (Lipinski definition) is 4. The van der Waals surface area contributed by atoms with E-state index in [9.17, 15) is 9.59 Å². The Morgan fingerprint density at radius 2 is 1.76 bits per heavy atom. The fourth-order valence-corrected chi connectivity index (χ4v) is 3.07. The Bertz CT molecular complexity index is 390. The van der Waals surface area contributed by atoms with E-state index >= 15 is 0 Å². The zero-order valence-corrected chi connectivity index (χ0v) is 13.6. The number of rotatable bonds is 6. The van der Waals surface area contributed by atoms with Gasteiger partial charge in [-0.15, -0.1) is 0 Å². The molecule has 0 saturated heterocycles. The molecule has 21 heavy (non-hydrogen) atoms. The summed E-state index contributed by atoms with van der Waals surface area (Å²) in [5.41, 5.74) is -0.804. The Balaban J connectivity index is 1.84. The quantitative estimate of drug-likeness (QED) is 0.702. The maximum atomic E-state index is 12.1. The van der Waals surface area contributed by atoms with Gasteiger partial charge in [0, 0.05) is 0 Å². The van der Waals surface area contributed by atoms with Crippen LogP contribution < -0.4 is 0 Å². The molecule has 0 bridgehead atoms. The molecule has 0 aromatic rings. The Morgan fingerprint density at radius 3 is 2.29 bits per heavy atom. The van der Waals surface area contributed by atoms with Gasteiger partial charge >= 0.3 is 11.9 Å². The zero-order valence-electron chi connectivity index (χ0n) is 13.6. The van der Waals surface area contributed by atoms with Crippen LogP contribution >= 0.6 is 0 Å². The topological polar surface area (TPSA) is 52.6 Å². The zero-order chi connectivity index (χ0) is 15.5. The van der Waals surface area contributed by atoms with E-state index in [4.69, 9.17) is 9.47 Å². The first-order valence-corrected chi connectivity index (χ1v) is 8.29. The molecule has 4 heteroatoms. The van der Waals surface area contributed by atoms with Gasteiger partial charge in [0.1, 0.15) is 5.60 Å². The van der Waals surface area contributed by atoms with E-state index in [-0.39, 0.29) is 24.1 Å². The molecule has 2 aliphatic rings. The predicted octanol–water partition coefficient (Wildman–Crippen LogP) is 3.62. The van der Waals surface area contributed by atoms with Crippen molar-refractivity contribution in [1.82, 2.24) is 0 Å². The van der Waals surface area contributed by atoms with Gasteiger partial charge in [0.15, 0.2) is 6.61 Å². The SMILES string of the molecule is CCC(C)(C)C(=O)OCC(=O)OC1(C2CC2)CCCCC1. The average Bonchev–Trinajstić information content (AvgIpc) is 3.30. The number of esters is 2. The summed E-state index contributed by atoms with van der Waals surface area (Å²) in [4.78, 5) is 24.0. The van der Waals surface area contributed by atoms with E-state index in [0.29, 0.717) is 12.3 Å². The maximum absolute atomic E-state index is 12.1. The number of ether oxygens (including phenoxy) is 2. The lowest BCUT2D eigenvalue weighted by molar-refractivity contribution is -0.178. The highest BCUT2D eigenvalue weighted by atomic mass is 16.6. The highest BCUT2D eigenvalue weighted by Gasteiger charge is 2.48. The molecule has 120 valence electrons. The summed E-state index contributed by atoms with van der Waals surface area (Å²) in [5.74, 6) is -0.181. The largest absolute Gasteiger partial charge is 0.456 e. The molecule has 0 aromatic carbocycles. The molecule has 0 radical (unpaired) electrons. The van der Waals surface area contributed by atoms with Crippen LogP contribution in [0.25, 0.3) is 0 Å². The smallest absolute Gasteiger partial charge is 0.344 e. The highest BCUT2D eigenvalue weighted by Crippen LogP contribution is 2.49.